The van der Waals surface area contributed by atoms with Crippen LogP contribution in [0.1, 0.15) is 18.1 Å². The molecule has 9 heteroatoms. The smallest absolute Gasteiger partial charge is 0.416 e. The SMILES string of the molecule is CCOC(COc1ccc(C(F)(F)F)cc1)COc1ccc(OCOC=O)c(C)c1. The molecule has 0 radical (unpaired) electrons. The van der Waals surface area contributed by atoms with Crippen LogP contribution in [0, 0.1) is 6.92 Å². The van der Waals surface area contributed by atoms with Gasteiger partial charge in [0.25, 0.3) is 6.47 Å². The normalized spacial score (nSPS) is 12.2. The zero-order valence-electron chi connectivity index (χ0n) is 16.6. The number of benzene rings is 2. The Labute approximate surface area is 172 Å². The van der Waals surface area contributed by atoms with Crippen LogP contribution in [-0.4, -0.2) is 39.2 Å². The summed E-state index contributed by atoms with van der Waals surface area (Å²) in [6.07, 6.45) is -4.81. The van der Waals surface area contributed by atoms with Gasteiger partial charge in [0.2, 0.25) is 6.79 Å². The summed E-state index contributed by atoms with van der Waals surface area (Å²) in [5, 5.41) is 0. The second-order valence-electron chi connectivity index (χ2n) is 6.17. The Morgan fingerprint density at radius 3 is 2.17 bits per heavy atom. The lowest BCUT2D eigenvalue weighted by Gasteiger charge is -2.19. The molecule has 0 spiro atoms. The number of carbonyl (C=O) groups excluding carboxylic acids is 1. The molecule has 1 atom stereocenters. The molecular weight excluding hydrogens is 405 g/mol. The van der Waals surface area contributed by atoms with E-state index >= 15 is 0 Å². The molecule has 2 aromatic carbocycles. The van der Waals surface area contributed by atoms with Crippen molar-refractivity contribution in [3.05, 3.63) is 53.6 Å². The van der Waals surface area contributed by atoms with Gasteiger partial charge in [-0.3, -0.25) is 4.79 Å². The quantitative estimate of drug-likeness (QED) is 0.284. The third-order valence-electron chi connectivity index (χ3n) is 3.95. The highest BCUT2D eigenvalue weighted by molar-refractivity contribution is 5.40. The van der Waals surface area contributed by atoms with Gasteiger partial charge in [0.05, 0.1) is 5.56 Å². The van der Waals surface area contributed by atoms with Crippen LogP contribution in [0.25, 0.3) is 0 Å². The van der Waals surface area contributed by atoms with E-state index in [-0.39, 0.29) is 20.0 Å². The first-order valence-corrected chi connectivity index (χ1v) is 9.16. The molecule has 0 aliphatic rings. The topological polar surface area (TPSA) is 63.2 Å². The van der Waals surface area contributed by atoms with Crippen LogP contribution in [0.2, 0.25) is 0 Å². The predicted octanol–water partition coefficient (Wildman–Crippen LogP) is 4.39. The van der Waals surface area contributed by atoms with Crippen molar-refractivity contribution in [1.29, 1.82) is 0 Å². The Bertz CT molecular complexity index is 792. The van der Waals surface area contributed by atoms with Gasteiger partial charge in [-0.15, -0.1) is 0 Å². The fraction of sp³-hybridized carbons (Fsp3) is 0.381. The van der Waals surface area contributed by atoms with Gasteiger partial charge in [0.15, 0.2) is 0 Å². The van der Waals surface area contributed by atoms with Crippen molar-refractivity contribution in [3.63, 3.8) is 0 Å². The molecule has 164 valence electrons. The average molecular weight is 428 g/mol. The number of hydrogen-bond acceptors (Lipinski definition) is 6. The van der Waals surface area contributed by atoms with Gasteiger partial charge >= 0.3 is 6.18 Å². The highest BCUT2D eigenvalue weighted by atomic mass is 19.4. The van der Waals surface area contributed by atoms with E-state index < -0.39 is 17.8 Å². The predicted molar refractivity (Wildman–Crippen MR) is 102 cm³/mol. The Kier molecular flexibility index (Phi) is 8.79. The van der Waals surface area contributed by atoms with Crippen LogP contribution >= 0.6 is 0 Å². The molecule has 0 saturated carbocycles. The van der Waals surface area contributed by atoms with Crippen molar-refractivity contribution in [3.8, 4) is 17.2 Å². The number of aryl methyl sites for hydroxylation is 1. The molecule has 0 saturated heterocycles. The molecule has 0 amide bonds. The summed E-state index contributed by atoms with van der Waals surface area (Å²) >= 11 is 0. The van der Waals surface area contributed by atoms with E-state index in [1.54, 1.807) is 18.2 Å². The lowest BCUT2D eigenvalue weighted by Crippen LogP contribution is -2.28. The first-order chi connectivity index (χ1) is 14.3. The summed E-state index contributed by atoms with van der Waals surface area (Å²) < 4.78 is 64.5. The van der Waals surface area contributed by atoms with Crippen LogP contribution < -0.4 is 14.2 Å². The lowest BCUT2D eigenvalue weighted by molar-refractivity contribution is -0.137. The van der Waals surface area contributed by atoms with Crippen LogP contribution in [0.3, 0.4) is 0 Å². The largest absolute Gasteiger partial charge is 0.491 e. The molecule has 6 nitrogen and oxygen atoms in total. The van der Waals surface area contributed by atoms with Crippen molar-refractivity contribution in [1.82, 2.24) is 0 Å². The summed E-state index contributed by atoms with van der Waals surface area (Å²) in [5.74, 6) is 1.44. The van der Waals surface area contributed by atoms with Crippen molar-refractivity contribution in [2.75, 3.05) is 26.6 Å². The van der Waals surface area contributed by atoms with Crippen LogP contribution in [0.15, 0.2) is 42.5 Å². The van der Waals surface area contributed by atoms with E-state index in [2.05, 4.69) is 4.74 Å². The molecule has 0 heterocycles. The molecule has 2 aromatic rings. The summed E-state index contributed by atoms with van der Waals surface area (Å²) in [5.41, 5.74) is 0.0519. The molecule has 0 N–H and O–H groups in total. The maximum atomic E-state index is 12.6. The van der Waals surface area contributed by atoms with Crippen molar-refractivity contribution in [2.24, 2.45) is 0 Å². The number of hydrogen-bond donors (Lipinski definition) is 0. The number of ether oxygens (including phenoxy) is 5. The van der Waals surface area contributed by atoms with Crippen LogP contribution in [0.5, 0.6) is 17.2 Å². The van der Waals surface area contributed by atoms with Gasteiger partial charge < -0.3 is 23.7 Å². The minimum atomic E-state index is -4.39. The second kappa shape index (κ2) is 11.3. The van der Waals surface area contributed by atoms with Gasteiger partial charge in [-0.2, -0.15) is 13.2 Å². The minimum Gasteiger partial charge on any atom is -0.491 e. The molecule has 0 aromatic heterocycles. The number of alkyl halides is 3. The van der Waals surface area contributed by atoms with Gasteiger partial charge in [0.1, 0.15) is 36.6 Å². The highest BCUT2D eigenvalue weighted by Gasteiger charge is 2.30. The third kappa shape index (κ3) is 7.47. The summed E-state index contributed by atoms with van der Waals surface area (Å²) in [6, 6.07) is 9.61. The van der Waals surface area contributed by atoms with E-state index in [1.165, 1.54) is 12.1 Å². The minimum absolute atomic E-state index is 0.114. The Balaban J connectivity index is 1.88. The van der Waals surface area contributed by atoms with Gasteiger partial charge in [-0.25, -0.2) is 0 Å². The summed E-state index contributed by atoms with van der Waals surface area (Å²) in [4.78, 5) is 10.1. The first-order valence-electron chi connectivity index (χ1n) is 9.16. The highest BCUT2D eigenvalue weighted by Crippen LogP contribution is 2.30. The molecule has 30 heavy (non-hydrogen) atoms. The Morgan fingerprint density at radius 1 is 0.967 bits per heavy atom. The average Bonchev–Trinajstić information content (AvgIpc) is 2.71. The van der Waals surface area contributed by atoms with Gasteiger partial charge in [-0.1, -0.05) is 0 Å². The lowest BCUT2D eigenvalue weighted by atomic mass is 10.2. The standard InChI is InChI=1S/C21H23F3O6/c1-3-27-19(11-28-17-6-4-16(5-7-17)21(22,23)24)12-29-18-8-9-20(15(2)10-18)30-14-26-13-25/h4-10,13,19H,3,11-12,14H2,1-2H3. The Hall–Kier alpha value is -2.94. The van der Waals surface area contributed by atoms with E-state index in [1.807, 2.05) is 13.8 Å². The van der Waals surface area contributed by atoms with E-state index in [0.29, 0.717) is 30.3 Å². The molecule has 1 unspecified atom stereocenters. The fourth-order valence-electron chi connectivity index (χ4n) is 2.50. The number of halogens is 3. The Morgan fingerprint density at radius 2 is 1.60 bits per heavy atom. The molecule has 0 fully saturated rings. The first kappa shape index (κ1) is 23.3. The molecular formula is C21H23F3O6. The monoisotopic (exact) mass is 428 g/mol. The van der Waals surface area contributed by atoms with Crippen molar-refractivity contribution in [2.45, 2.75) is 26.1 Å². The van der Waals surface area contributed by atoms with E-state index in [0.717, 1.165) is 17.7 Å². The van der Waals surface area contributed by atoms with Gasteiger partial charge in [-0.05, 0) is 61.9 Å². The molecule has 0 aliphatic heterocycles. The molecule has 2 rings (SSSR count). The molecule has 0 bridgehead atoms. The maximum Gasteiger partial charge on any atom is 0.416 e. The third-order valence-corrected chi connectivity index (χ3v) is 3.95. The second-order valence-corrected chi connectivity index (χ2v) is 6.17. The van der Waals surface area contributed by atoms with E-state index in [9.17, 15) is 18.0 Å². The van der Waals surface area contributed by atoms with Gasteiger partial charge in [0, 0.05) is 6.61 Å². The van der Waals surface area contributed by atoms with Crippen molar-refractivity contribution < 1.29 is 41.7 Å². The molecule has 0 aliphatic carbocycles. The number of carbonyl (C=O) groups is 1. The van der Waals surface area contributed by atoms with Crippen LogP contribution in [-0.2, 0) is 20.4 Å². The zero-order valence-corrected chi connectivity index (χ0v) is 16.6. The maximum absolute atomic E-state index is 12.6. The van der Waals surface area contributed by atoms with Crippen molar-refractivity contribution >= 4 is 6.47 Å². The summed E-state index contributed by atoms with van der Waals surface area (Å²) in [7, 11) is 0. The number of rotatable bonds is 12. The van der Waals surface area contributed by atoms with Crippen LogP contribution in [0.4, 0.5) is 13.2 Å². The zero-order chi connectivity index (χ0) is 22.0. The van der Waals surface area contributed by atoms with E-state index in [4.69, 9.17) is 18.9 Å². The fourth-order valence-corrected chi connectivity index (χ4v) is 2.50. The summed E-state index contributed by atoms with van der Waals surface area (Å²) in [6.45, 7) is 4.48.